The number of anilines is 1. The number of unbranched alkanes of at least 4 members (excludes halogenated alkanes) is 2. The summed E-state index contributed by atoms with van der Waals surface area (Å²) in [5.41, 5.74) is -2.32. The molecule has 3 atom stereocenters. The molecule has 2 aliphatic rings. The predicted molar refractivity (Wildman–Crippen MR) is 137 cm³/mol. The van der Waals surface area contributed by atoms with Crippen LogP contribution in [0.4, 0.5) is 32.4 Å². The Balaban J connectivity index is 1.55. The molecule has 39 heavy (non-hydrogen) atoms. The second kappa shape index (κ2) is 12.5. The average Bonchev–Trinajstić information content (AvgIpc) is 2.85. The molecule has 2 amide bonds. The van der Waals surface area contributed by atoms with Gasteiger partial charge in [0, 0.05) is 36.3 Å². The number of likely N-dealkylation sites (tertiary alicyclic amines) is 1. The predicted octanol–water partition coefficient (Wildman–Crippen LogP) is 6.98. The maximum absolute atomic E-state index is 14.1. The van der Waals surface area contributed by atoms with Gasteiger partial charge in [0.05, 0.1) is 12.6 Å². The molecule has 6 nitrogen and oxygen atoms in total. The SMILES string of the molecule is CCCCCN1CCCC(NC(=O)Nc2ccc(C(F)F)cc2)C1Oc1ccccc1C1(C(F)(F)F)CCO1. The molecule has 4 rings (SSSR count). The molecule has 2 aromatic rings. The van der Waals surface area contributed by atoms with E-state index in [-0.39, 0.29) is 29.9 Å². The van der Waals surface area contributed by atoms with Crippen molar-refractivity contribution in [2.45, 2.75) is 75.9 Å². The number of amides is 2. The molecule has 3 unspecified atom stereocenters. The fourth-order valence-corrected chi connectivity index (χ4v) is 5.12. The summed E-state index contributed by atoms with van der Waals surface area (Å²) in [4.78, 5) is 14.9. The summed E-state index contributed by atoms with van der Waals surface area (Å²) in [6, 6.07) is 10.2. The molecule has 2 saturated heterocycles. The van der Waals surface area contributed by atoms with Crippen molar-refractivity contribution in [1.82, 2.24) is 10.2 Å². The summed E-state index contributed by atoms with van der Waals surface area (Å²) < 4.78 is 79.5. The Hall–Kier alpha value is -2.92. The number of carbonyl (C=O) groups excluding carboxylic acids is 1. The van der Waals surface area contributed by atoms with Gasteiger partial charge in [-0.2, -0.15) is 13.2 Å². The minimum atomic E-state index is -4.62. The Bertz CT molecular complexity index is 1090. The molecule has 2 N–H and O–H groups in total. The number of carbonyl (C=O) groups is 1. The number of halogens is 5. The number of hydrogen-bond acceptors (Lipinski definition) is 4. The van der Waals surface area contributed by atoms with E-state index in [1.54, 1.807) is 6.07 Å². The first-order valence-corrected chi connectivity index (χ1v) is 13.3. The fourth-order valence-electron chi connectivity index (χ4n) is 5.12. The van der Waals surface area contributed by atoms with Crippen molar-refractivity contribution in [3.63, 3.8) is 0 Å². The van der Waals surface area contributed by atoms with Crippen LogP contribution in [0.5, 0.6) is 5.75 Å². The molecule has 0 aliphatic carbocycles. The molecule has 2 heterocycles. The zero-order valence-corrected chi connectivity index (χ0v) is 21.8. The van der Waals surface area contributed by atoms with Crippen LogP contribution in [0, 0.1) is 0 Å². The number of para-hydroxylation sites is 1. The van der Waals surface area contributed by atoms with Crippen LogP contribution in [0.2, 0.25) is 0 Å². The average molecular weight is 556 g/mol. The van der Waals surface area contributed by atoms with Crippen molar-refractivity contribution in [2.24, 2.45) is 0 Å². The number of rotatable bonds is 10. The second-order valence-electron chi connectivity index (χ2n) is 9.94. The van der Waals surface area contributed by atoms with Crippen LogP contribution >= 0.6 is 0 Å². The number of hydrogen-bond donors (Lipinski definition) is 2. The van der Waals surface area contributed by atoms with Crippen LogP contribution in [-0.4, -0.2) is 49.1 Å². The lowest BCUT2D eigenvalue weighted by Gasteiger charge is -2.45. The minimum Gasteiger partial charge on any atom is -0.473 e. The van der Waals surface area contributed by atoms with E-state index in [1.807, 2.05) is 0 Å². The van der Waals surface area contributed by atoms with Gasteiger partial charge in [-0.15, -0.1) is 0 Å². The van der Waals surface area contributed by atoms with Crippen molar-refractivity contribution in [1.29, 1.82) is 0 Å². The highest BCUT2D eigenvalue weighted by Crippen LogP contribution is 2.52. The molecule has 2 fully saturated rings. The third-order valence-electron chi connectivity index (χ3n) is 7.28. The summed E-state index contributed by atoms with van der Waals surface area (Å²) in [7, 11) is 0. The highest BCUT2D eigenvalue weighted by atomic mass is 19.4. The Morgan fingerprint density at radius 3 is 2.49 bits per heavy atom. The van der Waals surface area contributed by atoms with Gasteiger partial charge in [0.2, 0.25) is 0 Å². The molecule has 0 bridgehead atoms. The molecular weight excluding hydrogens is 521 g/mol. The first-order chi connectivity index (χ1) is 18.6. The zero-order valence-electron chi connectivity index (χ0n) is 21.8. The second-order valence-corrected chi connectivity index (χ2v) is 9.94. The maximum Gasteiger partial charge on any atom is 0.421 e. The van der Waals surface area contributed by atoms with E-state index in [2.05, 4.69) is 22.5 Å². The number of ether oxygens (including phenoxy) is 2. The molecule has 0 radical (unpaired) electrons. The van der Waals surface area contributed by atoms with Crippen LogP contribution in [-0.2, 0) is 10.3 Å². The minimum absolute atomic E-state index is 0.00304. The van der Waals surface area contributed by atoms with Gasteiger partial charge in [-0.3, -0.25) is 4.90 Å². The number of piperidine rings is 1. The number of alkyl halides is 5. The van der Waals surface area contributed by atoms with Gasteiger partial charge in [0.1, 0.15) is 5.75 Å². The monoisotopic (exact) mass is 555 g/mol. The van der Waals surface area contributed by atoms with Gasteiger partial charge in [0.15, 0.2) is 11.8 Å². The largest absolute Gasteiger partial charge is 0.473 e. The van der Waals surface area contributed by atoms with Crippen molar-refractivity contribution in [2.75, 3.05) is 25.0 Å². The van der Waals surface area contributed by atoms with Crippen molar-refractivity contribution < 1.29 is 36.2 Å². The van der Waals surface area contributed by atoms with E-state index >= 15 is 0 Å². The Labute approximate surface area is 224 Å². The highest BCUT2D eigenvalue weighted by Gasteiger charge is 2.62. The van der Waals surface area contributed by atoms with Crippen LogP contribution in [0.3, 0.4) is 0 Å². The molecule has 2 aromatic carbocycles. The van der Waals surface area contributed by atoms with Crippen molar-refractivity contribution in [3.05, 3.63) is 59.7 Å². The Morgan fingerprint density at radius 1 is 1.15 bits per heavy atom. The van der Waals surface area contributed by atoms with Crippen LogP contribution in [0.1, 0.15) is 63.0 Å². The lowest BCUT2D eigenvalue weighted by Crippen LogP contribution is -2.59. The van der Waals surface area contributed by atoms with E-state index in [0.717, 1.165) is 25.7 Å². The van der Waals surface area contributed by atoms with Crippen molar-refractivity contribution >= 4 is 11.7 Å². The number of benzene rings is 2. The molecule has 0 saturated carbocycles. The fraction of sp³-hybridized carbons (Fsp3) is 0.536. The van der Waals surface area contributed by atoms with Gasteiger partial charge in [0.25, 0.3) is 6.43 Å². The number of nitrogens with zero attached hydrogens (tertiary/aromatic N) is 1. The first-order valence-electron chi connectivity index (χ1n) is 13.3. The van der Waals surface area contributed by atoms with Gasteiger partial charge in [-0.1, -0.05) is 50.1 Å². The molecule has 214 valence electrons. The van der Waals surface area contributed by atoms with Crippen molar-refractivity contribution in [3.8, 4) is 5.75 Å². The summed E-state index contributed by atoms with van der Waals surface area (Å²) in [5, 5.41) is 5.54. The molecule has 11 heteroatoms. The van der Waals surface area contributed by atoms with E-state index in [4.69, 9.17) is 9.47 Å². The Morgan fingerprint density at radius 2 is 1.87 bits per heavy atom. The summed E-state index contributed by atoms with van der Waals surface area (Å²) in [6.45, 7) is 3.42. The number of urea groups is 1. The molecular formula is C28H34F5N3O3. The van der Waals surface area contributed by atoms with E-state index in [0.29, 0.717) is 25.2 Å². The summed E-state index contributed by atoms with van der Waals surface area (Å²) in [6.07, 6.45) is -3.97. The summed E-state index contributed by atoms with van der Waals surface area (Å²) >= 11 is 0. The Kier molecular flexibility index (Phi) is 9.32. The standard InChI is InChI=1S/C28H34F5N3O3/c1-2-3-6-16-36-17-7-9-22(35-26(37)34-20-13-11-19(12-14-20)24(29)30)25(36)39-23-10-5-4-8-21(23)27(15-18-38-27)28(31,32)33/h4-5,8,10-14,22,24-25H,2-3,6-7,9,15-18H2,1H3,(H2,34,35,37). The maximum atomic E-state index is 14.1. The van der Waals surface area contributed by atoms with E-state index in [1.165, 1.54) is 42.5 Å². The van der Waals surface area contributed by atoms with Gasteiger partial charge >= 0.3 is 12.2 Å². The quantitative estimate of drug-likeness (QED) is 0.245. The van der Waals surface area contributed by atoms with Crippen LogP contribution < -0.4 is 15.4 Å². The summed E-state index contributed by atoms with van der Waals surface area (Å²) in [5.74, 6) is 0.0664. The van der Waals surface area contributed by atoms with Gasteiger partial charge in [-0.25, -0.2) is 13.6 Å². The van der Waals surface area contributed by atoms with Crippen LogP contribution in [0.25, 0.3) is 0 Å². The normalized spacial score (nSPS) is 23.8. The van der Waals surface area contributed by atoms with E-state index < -0.39 is 36.5 Å². The van der Waals surface area contributed by atoms with Crippen LogP contribution in [0.15, 0.2) is 48.5 Å². The first kappa shape index (κ1) is 29.1. The lowest BCUT2D eigenvalue weighted by molar-refractivity contribution is -0.334. The molecule has 0 aromatic heterocycles. The zero-order chi connectivity index (χ0) is 28.0. The van der Waals surface area contributed by atoms with E-state index in [9.17, 15) is 26.7 Å². The van der Waals surface area contributed by atoms with Gasteiger partial charge < -0.3 is 20.1 Å². The number of nitrogens with one attached hydrogen (secondary N) is 2. The lowest BCUT2D eigenvalue weighted by atomic mass is 9.85. The molecule has 0 spiro atoms. The highest BCUT2D eigenvalue weighted by molar-refractivity contribution is 5.89. The molecule has 2 aliphatic heterocycles. The third kappa shape index (κ3) is 6.63. The van der Waals surface area contributed by atoms with Gasteiger partial charge in [-0.05, 0) is 37.5 Å². The third-order valence-corrected chi connectivity index (χ3v) is 7.28. The smallest absolute Gasteiger partial charge is 0.421 e. The topological polar surface area (TPSA) is 62.8 Å².